The summed E-state index contributed by atoms with van der Waals surface area (Å²) in [4.78, 5) is 26.0. The number of hydrogen-bond acceptors (Lipinski definition) is 9. The van der Waals surface area contributed by atoms with Crippen molar-refractivity contribution in [1.29, 1.82) is 5.41 Å². The first-order valence-electron chi connectivity index (χ1n) is 13.2. The highest BCUT2D eigenvalue weighted by molar-refractivity contribution is 7.16. The second-order valence-electron chi connectivity index (χ2n) is 10.1. The molecule has 0 spiro atoms. The van der Waals surface area contributed by atoms with Crippen LogP contribution in [0.2, 0.25) is 0 Å². The quantitative estimate of drug-likeness (QED) is 0.245. The van der Waals surface area contributed by atoms with E-state index in [-0.39, 0.29) is 34.6 Å². The normalized spacial score (nSPS) is 21.5. The van der Waals surface area contributed by atoms with Crippen molar-refractivity contribution >= 4 is 45.6 Å². The summed E-state index contributed by atoms with van der Waals surface area (Å²) in [6.45, 7) is 0.882. The molecule has 1 saturated carbocycles. The zero-order valence-corrected chi connectivity index (χ0v) is 22.9. The molecular formula is C28H26F3N7O3S. The summed E-state index contributed by atoms with van der Waals surface area (Å²) in [6, 6.07) is 15.7. The number of nitrogens with two attached hydrogens (primary N) is 1. The summed E-state index contributed by atoms with van der Waals surface area (Å²) in [6.07, 6.45) is -5.34. The molecule has 2 aromatic carbocycles. The fourth-order valence-corrected chi connectivity index (χ4v) is 6.12. The van der Waals surface area contributed by atoms with Gasteiger partial charge in [-0.1, -0.05) is 59.9 Å². The van der Waals surface area contributed by atoms with E-state index in [0.717, 1.165) is 16.9 Å². The van der Waals surface area contributed by atoms with E-state index in [1.54, 1.807) is 12.1 Å². The summed E-state index contributed by atoms with van der Waals surface area (Å²) in [5.41, 5.74) is 6.33. The number of para-hydroxylation sites is 1. The highest BCUT2D eigenvalue weighted by Crippen LogP contribution is 2.60. The number of carbonyl (C=O) groups excluding carboxylic acids is 1. The van der Waals surface area contributed by atoms with E-state index >= 15 is 0 Å². The van der Waals surface area contributed by atoms with E-state index < -0.39 is 35.6 Å². The van der Waals surface area contributed by atoms with Gasteiger partial charge in [0.2, 0.25) is 12.1 Å². The van der Waals surface area contributed by atoms with Crippen LogP contribution in [0.1, 0.15) is 41.1 Å². The zero-order chi connectivity index (χ0) is 29.5. The van der Waals surface area contributed by atoms with Crippen LogP contribution in [0, 0.1) is 5.41 Å². The number of aromatic nitrogens is 1. The number of thiazole rings is 1. The number of ether oxygens (including phenoxy) is 2. The summed E-state index contributed by atoms with van der Waals surface area (Å²) in [7, 11) is 0. The molecule has 2 aliphatic heterocycles. The Bertz CT molecular complexity index is 1580. The van der Waals surface area contributed by atoms with Gasteiger partial charge in [-0.05, 0) is 25.3 Å². The van der Waals surface area contributed by atoms with Crippen LogP contribution in [0.15, 0.2) is 64.6 Å². The molecule has 1 saturated heterocycles. The van der Waals surface area contributed by atoms with Crippen LogP contribution >= 0.6 is 11.3 Å². The molecule has 6 rings (SSSR count). The third-order valence-corrected chi connectivity index (χ3v) is 8.43. The third kappa shape index (κ3) is 5.34. The van der Waals surface area contributed by atoms with Gasteiger partial charge >= 0.3 is 6.18 Å². The molecule has 1 amide bonds. The van der Waals surface area contributed by atoms with E-state index in [4.69, 9.17) is 20.6 Å². The molecule has 0 bridgehead atoms. The molecule has 1 aliphatic carbocycles. The van der Waals surface area contributed by atoms with Gasteiger partial charge < -0.3 is 25.8 Å². The largest absolute Gasteiger partial charge is 0.405 e. The number of benzodiazepines with no additional fused rings is 1. The molecule has 3 heterocycles. The first-order valence-corrected chi connectivity index (χ1v) is 14.0. The number of nitrogens with zero attached hydrogens (tertiary/aromatic N) is 3. The van der Waals surface area contributed by atoms with Gasteiger partial charge in [0.1, 0.15) is 15.4 Å². The van der Waals surface area contributed by atoms with Gasteiger partial charge in [-0.15, -0.1) is 0 Å². The number of halogens is 3. The number of rotatable bonds is 6. The molecular weight excluding hydrogens is 571 g/mol. The predicted molar refractivity (Wildman–Crippen MR) is 152 cm³/mol. The van der Waals surface area contributed by atoms with Gasteiger partial charge in [-0.25, -0.2) is 9.98 Å². The molecule has 218 valence electrons. The fraction of sp³-hybridized carbons (Fsp3) is 0.321. The van der Waals surface area contributed by atoms with Gasteiger partial charge in [-0.2, -0.15) is 18.2 Å². The molecule has 5 N–H and O–H groups in total. The Balaban J connectivity index is 1.29. The number of aliphatic imine (C=N–C) groups is 2. The zero-order valence-electron chi connectivity index (χ0n) is 22.1. The number of amidine groups is 1. The van der Waals surface area contributed by atoms with Crippen molar-refractivity contribution in [2.24, 2.45) is 15.7 Å². The lowest BCUT2D eigenvalue weighted by molar-refractivity contribution is -0.160. The molecule has 14 heteroatoms. The summed E-state index contributed by atoms with van der Waals surface area (Å²) >= 11 is 0.842. The third-order valence-electron chi connectivity index (χ3n) is 7.24. The number of nitrogens with one attached hydrogen (secondary N) is 3. The molecule has 0 radical (unpaired) electrons. The number of anilines is 2. The van der Waals surface area contributed by atoms with Crippen molar-refractivity contribution in [3.63, 3.8) is 0 Å². The Morgan fingerprint density at radius 1 is 1.19 bits per heavy atom. The minimum atomic E-state index is -4.47. The van der Waals surface area contributed by atoms with Crippen LogP contribution in [0.25, 0.3) is 0 Å². The molecule has 10 nitrogen and oxygen atoms in total. The smallest absolute Gasteiger partial charge is 0.400 e. The average molecular weight is 598 g/mol. The Morgan fingerprint density at radius 3 is 2.62 bits per heavy atom. The molecule has 2 fully saturated rings. The number of benzene rings is 2. The van der Waals surface area contributed by atoms with Crippen molar-refractivity contribution in [1.82, 2.24) is 4.98 Å². The van der Waals surface area contributed by atoms with E-state index in [0.29, 0.717) is 36.6 Å². The van der Waals surface area contributed by atoms with Crippen molar-refractivity contribution < 1.29 is 27.4 Å². The summed E-state index contributed by atoms with van der Waals surface area (Å²) in [5.74, 6) is -1.19. The van der Waals surface area contributed by atoms with Crippen LogP contribution in [-0.4, -0.2) is 60.1 Å². The van der Waals surface area contributed by atoms with Crippen LogP contribution in [0.4, 0.5) is 23.9 Å². The number of alkyl halides is 3. The van der Waals surface area contributed by atoms with Gasteiger partial charge in [-0.3, -0.25) is 10.2 Å². The lowest BCUT2D eigenvalue weighted by Crippen LogP contribution is -2.30. The summed E-state index contributed by atoms with van der Waals surface area (Å²) in [5, 5.41) is 14.6. The molecule has 1 aromatic heterocycles. The maximum absolute atomic E-state index is 13.9. The lowest BCUT2D eigenvalue weighted by atomic mass is 10.0. The Hall–Kier alpha value is -4.30. The molecule has 0 unspecified atom stereocenters. The van der Waals surface area contributed by atoms with E-state index in [2.05, 4.69) is 25.6 Å². The Morgan fingerprint density at radius 2 is 1.93 bits per heavy atom. The molecule has 3 aromatic rings. The lowest BCUT2D eigenvalue weighted by Gasteiger charge is -2.16. The number of carbonyl (C=O) groups is 1. The number of amides is 1. The van der Waals surface area contributed by atoms with Crippen LogP contribution in [0.3, 0.4) is 0 Å². The molecule has 2 atom stereocenters. The first kappa shape index (κ1) is 27.8. The van der Waals surface area contributed by atoms with Crippen LogP contribution < -0.4 is 16.4 Å². The molecule has 42 heavy (non-hydrogen) atoms. The van der Waals surface area contributed by atoms with Crippen LogP contribution in [0.5, 0.6) is 0 Å². The highest BCUT2D eigenvalue weighted by atomic mass is 32.1. The van der Waals surface area contributed by atoms with Gasteiger partial charge in [0, 0.05) is 17.7 Å². The predicted octanol–water partition coefficient (Wildman–Crippen LogP) is 4.41. The van der Waals surface area contributed by atoms with E-state index in [1.807, 2.05) is 42.5 Å². The fourth-order valence-electron chi connectivity index (χ4n) is 4.81. The minimum absolute atomic E-state index is 0.0752. The average Bonchev–Trinajstić information content (AvgIpc) is 3.49. The van der Waals surface area contributed by atoms with Gasteiger partial charge in [0.25, 0.3) is 11.9 Å². The highest BCUT2D eigenvalue weighted by Gasteiger charge is 2.66. The summed E-state index contributed by atoms with van der Waals surface area (Å²) < 4.78 is 52.4. The standard InChI is InChI=1S/C28H26F3N7O3S/c29-28(30,31)27(11-12-27)25-37-20(24(42-25)34-16-10-13-40-14-16)21(32)41-26(33)38-22-23(39)35-18-9-5-4-8-17(18)19(36-22)15-6-2-1-3-7-15/h1-9,16,22,32,34H,10-14H2,(H2,33,38)(H,35,39)/t16-,22-/m1/s1. The van der Waals surface area contributed by atoms with Crippen LogP contribution in [-0.2, 0) is 19.7 Å². The maximum atomic E-state index is 13.9. The molecule has 3 aliphatic rings. The maximum Gasteiger partial charge on any atom is 0.400 e. The van der Waals surface area contributed by atoms with E-state index in [1.165, 1.54) is 0 Å². The number of fused-ring (bicyclic) bond motifs is 1. The van der Waals surface area contributed by atoms with Crippen molar-refractivity contribution in [3.8, 4) is 0 Å². The first-order chi connectivity index (χ1) is 20.1. The second-order valence-corrected chi connectivity index (χ2v) is 11.1. The van der Waals surface area contributed by atoms with E-state index in [9.17, 15) is 18.0 Å². The Kier molecular flexibility index (Phi) is 7.19. The second kappa shape index (κ2) is 10.8. The monoisotopic (exact) mass is 597 g/mol. The van der Waals surface area contributed by atoms with Crippen molar-refractivity contribution in [2.45, 2.75) is 43.1 Å². The minimum Gasteiger partial charge on any atom is -0.405 e. The topological polar surface area (TPSA) is 147 Å². The van der Waals surface area contributed by atoms with Gasteiger partial charge in [0.15, 0.2) is 5.69 Å². The SMILES string of the molecule is N=C(OC(N)=N[C@H]1N=C(c2ccccc2)c2ccccc2NC1=O)c1nc(C2(C(F)(F)F)CC2)sc1N[C@@H]1CCOC1. The Labute approximate surface area is 242 Å². The van der Waals surface area contributed by atoms with Gasteiger partial charge in [0.05, 0.1) is 24.0 Å². The van der Waals surface area contributed by atoms with Crippen molar-refractivity contribution in [3.05, 3.63) is 76.4 Å². The number of hydrogen-bond donors (Lipinski definition) is 4. The van der Waals surface area contributed by atoms with Crippen molar-refractivity contribution in [2.75, 3.05) is 23.8 Å².